The molecule has 192 valence electrons. The lowest BCUT2D eigenvalue weighted by Crippen LogP contribution is -2.33. The smallest absolute Gasteiger partial charge is 0.383 e. The van der Waals surface area contributed by atoms with Gasteiger partial charge >= 0.3 is 6.18 Å². The standard InChI is InChI=1S/C22H27F3N6O2S.CH4/c1-33-10-9-28-8-4-7-17(29-19-16(13-26)20(34-2)31-21(27)30-19)18(32)12-14-5-3-6-15(11-14)22(23,24)25;/h3,5-6,11,17,28H,4,7-10,12H2,1-2H3,(H3,27,29,30,31);1H4/t17-;/m0./s1. The number of hydrogen-bond acceptors (Lipinski definition) is 9. The van der Waals surface area contributed by atoms with Gasteiger partial charge in [-0.05, 0) is 37.3 Å². The highest BCUT2D eigenvalue weighted by Crippen LogP contribution is 2.30. The number of nitriles is 1. The van der Waals surface area contributed by atoms with E-state index in [1.807, 2.05) is 6.07 Å². The highest BCUT2D eigenvalue weighted by atomic mass is 32.2. The lowest BCUT2D eigenvalue weighted by molar-refractivity contribution is -0.137. The molecule has 2 aromatic rings. The molecule has 1 atom stereocenters. The van der Waals surface area contributed by atoms with Gasteiger partial charge < -0.3 is 21.1 Å². The number of nitrogens with zero attached hydrogens (tertiary/aromatic N) is 3. The summed E-state index contributed by atoms with van der Waals surface area (Å²) in [6.45, 7) is 1.79. The summed E-state index contributed by atoms with van der Waals surface area (Å²) < 4.78 is 44.2. The monoisotopic (exact) mass is 512 g/mol. The van der Waals surface area contributed by atoms with Crippen LogP contribution in [0.5, 0.6) is 0 Å². The fraction of sp³-hybridized carbons (Fsp3) is 0.478. The number of nitrogens with two attached hydrogens (primary N) is 1. The number of nitrogens with one attached hydrogen (secondary N) is 2. The van der Waals surface area contributed by atoms with E-state index in [1.54, 1.807) is 13.4 Å². The highest BCUT2D eigenvalue weighted by Gasteiger charge is 2.31. The average molecular weight is 513 g/mol. The van der Waals surface area contributed by atoms with Crippen molar-refractivity contribution in [3.8, 4) is 6.07 Å². The van der Waals surface area contributed by atoms with E-state index >= 15 is 0 Å². The second-order valence-corrected chi connectivity index (χ2v) is 8.14. The van der Waals surface area contributed by atoms with Gasteiger partial charge in [0.15, 0.2) is 11.6 Å². The minimum atomic E-state index is -4.50. The molecule has 0 aliphatic rings. The summed E-state index contributed by atoms with van der Waals surface area (Å²) in [7, 11) is 1.59. The second kappa shape index (κ2) is 14.5. The van der Waals surface area contributed by atoms with Gasteiger partial charge in [-0.25, -0.2) is 4.98 Å². The normalized spacial score (nSPS) is 11.9. The zero-order valence-corrected chi connectivity index (χ0v) is 19.7. The van der Waals surface area contributed by atoms with Crippen molar-refractivity contribution < 1.29 is 22.7 Å². The van der Waals surface area contributed by atoms with Gasteiger partial charge in [0.2, 0.25) is 5.95 Å². The van der Waals surface area contributed by atoms with Crippen molar-refractivity contribution >= 4 is 29.3 Å². The van der Waals surface area contributed by atoms with Crippen LogP contribution < -0.4 is 16.4 Å². The first-order valence-corrected chi connectivity index (χ1v) is 11.7. The molecule has 8 nitrogen and oxygen atoms in total. The predicted molar refractivity (Wildman–Crippen MR) is 131 cm³/mol. The van der Waals surface area contributed by atoms with Crippen LogP contribution in [-0.4, -0.2) is 54.9 Å². The Morgan fingerprint density at radius 1 is 1.31 bits per heavy atom. The molecule has 12 heteroatoms. The van der Waals surface area contributed by atoms with Crippen molar-refractivity contribution in [3.63, 3.8) is 0 Å². The van der Waals surface area contributed by atoms with Gasteiger partial charge in [0.1, 0.15) is 16.7 Å². The first kappa shape index (κ1) is 30.2. The van der Waals surface area contributed by atoms with Gasteiger partial charge in [0.05, 0.1) is 18.2 Å². The van der Waals surface area contributed by atoms with E-state index in [0.29, 0.717) is 37.6 Å². The number of aromatic nitrogens is 2. The van der Waals surface area contributed by atoms with Crippen molar-refractivity contribution in [3.05, 3.63) is 41.0 Å². The van der Waals surface area contributed by atoms with Gasteiger partial charge in [0, 0.05) is 20.1 Å². The number of ketones is 1. The molecule has 1 aromatic heterocycles. The Hall–Kier alpha value is -2.88. The molecule has 0 spiro atoms. The lowest BCUT2D eigenvalue weighted by atomic mass is 9.98. The van der Waals surface area contributed by atoms with E-state index < -0.39 is 17.8 Å². The third-order valence-corrected chi connectivity index (χ3v) is 5.54. The summed E-state index contributed by atoms with van der Waals surface area (Å²) in [5.74, 6) is -0.270. The molecule has 35 heavy (non-hydrogen) atoms. The lowest BCUT2D eigenvalue weighted by Gasteiger charge is -2.20. The van der Waals surface area contributed by atoms with Crippen molar-refractivity contribution in [2.24, 2.45) is 0 Å². The molecule has 0 saturated heterocycles. The van der Waals surface area contributed by atoms with E-state index in [2.05, 4.69) is 20.6 Å². The fourth-order valence-electron chi connectivity index (χ4n) is 3.20. The van der Waals surface area contributed by atoms with E-state index in [1.165, 1.54) is 23.9 Å². The molecule has 0 unspecified atom stereocenters. The minimum Gasteiger partial charge on any atom is -0.383 e. The number of halogens is 3. The van der Waals surface area contributed by atoms with Crippen molar-refractivity contribution in [1.29, 1.82) is 5.26 Å². The SMILES string of the molecule is C.COCCNCCC[C@H](Nc1nc(N)nc(SC)c1C#N)C(=O)Cc1cccc(C(F)(F)F)c1. The Balaban J connectivity index is 0.00000612. The zero-order chi connectivity index (χ0) is 25.1. The molecule has 0 radical (unpaired) electrons. The molecule has 1 aromatic carbocycles. The van der Waals surface area contributed by atoms with Gasteiger partial charge in [-0.1, -0.05) is 25.6 Å². The summed E-state index contributed by atoms with van der Waals surface area (Å²) in [5, 5.41) is 16.1. The fourth-order valence-corrected chi connectivity index (χ4v) is 3.73. The van der Waals surface area contributed by atoms with E-state index in [0.717, 1.165) is 12.1 Å². The number of alkyl halides is 3. The van der Waals surface area contributed by atoms with Crippen LogP contribution in [0.15, 0.2) is 29.3 Å². The molecule has 0 aliphatic carbocycles. The number of ether oxygens (including phenoxy) is 1. The van der Waals surface area contributed by atoms with Gasteiger partial charge in [-0.3, -0.25) is 4.79 Å². The first-order chi connectivity index (χ1) is 16.2. The first-order valence-electron chi connectivity index (χ1n) is 10.5. The molecular formula is C23H31F3N6O2S. The third-order valence-electron chi connectivity index (χ3n) is 4.86. The number of anilines is 2. The topological polar surface area (TPSA) is 126 Å². The molecule has 4 N–H and O–H groups in total. The van der Waals surface area contributed by atoms with Crippen LogP contribution in [-0.2, 0) is 22.1 Å². The quantitative estimate of drug-likeness (QED) is 0.208. The summed E-state index contributed by atoms with van der Waals surface area (Å²) in [4.78, 5) is 21.3. The number of carbonyl (C=O) groups excluding carboxylic acids is 1. The van der Waals surface area contributed by atoms with Crippen LogP contribution in [0.25, 0.3) is 0 Å². The number of hydrogen-bond donors (Lipinski definition) is 3. The van der Waals surface area contributed by atoms with Gasteiger partial charge in [-0.15, -0.1) is 11.8 Å². The van der Waals surface area contributed by atoms with E-state index in [9.17, 15) is 23.2 Å². The molecule has 0 aliphatic heterocycles. The Morgan fingerprint density at radius 2 is 2.06 bits per heavy atom. The van der Waals surface area contributed by atoms with Crippen LogP contribution in [0.2, 0.25) is 0 Å². The minimum absolute atomic E-state index is 0. The van der Waals surface area contributed by atoms with Crippen LogP contribution in [0.4, 0.5) is 24.9 Å². The van der Waals surface area contributed by atoms with E-state index in [-0.39, 0.29) is 42.5 Å². The van der Waals surface area contributed by atoms with Gasteiger partial charge in [-0.2, -0.15) is 23.4 Å². The van der Waals surface area contributed by atoms with Crippen LogP contribution >= 0.6 is 11.8 Å². The second-order valence-electron chi connectivity index (χ2n) is 7.35. The number of carbonyl (C=O) groups is 1. The maximum absolute atomic E-state index is 13.1. The molecule has 0 amide bonds. The maximum Gasteiger partial charge on any atom is 0.416 e. The van der Waals surface area contributed by atoms with Gasteiger partial charge in [0.25, 0.3) is 0 Å². The summed E-state index contributed by atoms with van der Waals surface area (Å²) in [5.41, 5.74) is 5.34. The maximum atomic E-state index is 13.1. The number of methoxy groups -OCH3 is 1. The molecule has 0 fully saturated rings. The number of Topliss-reactive ketones (excluding diaryl/α,β-unsaturated/α-hetero) is 1. The van der Waals surface area contributed by atoms with Crippen LogP contribution in [0, 0.1) is 11.3 Å². The Labute approximate surface area is 207 Å². The molecule has 2 rings (SSSR count). The number of benzene rings is 1. The van der Waals surface area contributed by atoms with Crippen molar-refractivity contribution in [2.75, 3.05) is 44.1 Å². The Kier molecular flexibility index (Phi) is 12.5. The molecule has 1 heterocycles. The number of nitrogen functional groups attached to an aromatic ring is 1. The highest BCUT2D eigenvalue weighted by molar-refractivity contribution is 7.98. The zero-order valence-electron chi connectivity index (χ0n) is 18.9. The average Bonchev–Trinajstić information content (AvgIpc) is 2.79. The van der Waals surface area contributed by atoms with Crippen LogP contribution in [0.1, 0.15) is 37.0 Å². The molecule has 0 saturated carbocycles. The Bertz CT molecular complexity index is 1010. The van der Waals surface area contributed by atoms with Crippen molar-refractivity contribution in [1.82, 2.24) is 15.3 Å². The van der Waals surface area contributed by atoms with E-state index in [4.69, 9.17) is 10.5 Å². The number of rotatable bonds is 13. The third kappa shape index (κ3) is 9.35. The summed E-state index contributed by atoms with van der Waals surface area (Å²) >= 11 is 1.21. The summed E-state index contributed by atoms with van der Waals surface area (Å²) in [6, 6.07) is 5.91. The molecular weight excluding hydrogens is 481 g/mol. The largest absolute Gasteiger partial charge is 0.416 e. The molecule has 0 bridgehead atoms. The predicted octanol–water partition coefficient (Wildman–Crippen LogP) is 3.92. The Morgan fingerprint density at radius 3 is 2.69 bits per heavy atom. The number of thioether (sulfide) groups is 1. The van der Waals surface area contributed by atoms with Crippen LogP contribution in [0.3, 0.4) is 0 Å². The summed E-state index contributed by atoms with van der Waals surface area (Å²) in [6.07, 6.45) is -2.03. The van der Waals surface area contributed by atoms with Crippen molar-refractivity contribution in [2.45, 2.75) is 43.9 Å².